The van der Waals surface area contributed by atoms with Gasteiger partial charge in [-0.3, -0.25) is 4.79 Å². The number of hydrogen-bond acceptors (Lipinski definition) is 3. The maximum Gasteiger partial charge on any atom is 0.223 e. The molecule has 0 radical (unpaired) electrons. The van der Waals surface area contributed by atoms with Crippen LogP contribution < -0.4 is 0 Å². The second-order valence-electron chi connectivity index (χ2n) is 3.74. The van der Waals surface area contributed by atoms with Crippen LogP contribution in [0.3, 0.4) is 0 Å². The standard InChI is InChI=1S/C10H19NO3S/c1-5-11(8-9(2)3)10(12)6-7-15(4,13)14/h2,5-8H2,1,3-4H3. The Kier molecular flexibility index (Phi) is 5.57. The fourth-order valence-electron chi connectivity index (χ4n) is 1.13. The highest BCUT2D eigenvalue weighted by Crippen LogP contribution is 2.00. The van der Waals surface area contributed by atoms with E-state index in [0.29, 0.717) is 13.1 Å². The zero-order chi connectivity index (χ0) is 12.1. The maximum absolute atomic E-state index is 11.6. The average Bonchev–Trinajstić information content (AvgIpc) is 2.08. The van der Waals surface area contributed by atoms with Crippen molar-refractivity contribution in [1.29, 1.82) is 0 Å². The van der Waals surface area contributed by atoms with Crippen LogP contribution in [-0.4, -0.2) is 44.3 Å². The van der Waals surface area contributed by atoms with Gasteiger partial charge in [0.2, 0.25) is 5.91 Å². The molecule has 4 nitrogen and oxygen atoms in total. The number of amides is 1. The number of rotatable bonds is 6. The minimum atomic E-state index is -3.06. The van der Waals surface area contributed by atoms with E-state index in [9.17, 15) is 13.2 Å². The van der Waals surface area contributed by atoms with E-state index in [2.05, 4.69) is 6.58 Å². The van der Waals surface area contributed by atoms with Gasteiger partial charge in [-0.1, -0.05) is 12.2 Å². The Balaban J connectivity index is 4.22. The van der Waals surface area contributed by atoms with E-state index in [4.69, 9.17) is 0 Å². The topological polar surface area (TPSA) is 54.5 Å². The lowest BCUT2D eigenvalue weighted by atomic mass is 10.3. The Morgan fingerprint density at radius 3 is 2.27 bits per heavy atom. The van der Waals surface area contributed by atoms with Crippen molar-refractivity contribution in [2.45, 2.75) is 20.3 Å². The molecule has 0 spiro atoms. The van der Waals surface area contributed by atoms with Crippen LogP contribution in [-0.2, 0) is 14.6 Å². The summed E-state index contributed by atoms with van der Waals surface area (Å²) in [6, 6.07) is 0. The summed E-state index contributed by atoms with van der Waals surface area (Å²) >= 11 is 0. The Hall–Kier alpha value is -0.840. The summed E-state index contributed by atoms with van der Waals surface area (Å²) < 4.78 is 21.8. The minimum Gasteiger partial charge on any atom is -0.339 e. The molecule has 0 atom stereocenters. The SMILES string of the molecule is C=C(C)CN(CC)C(=O)CCS(C)(=O)=O. The van der Waals surface area contributed by atoms with Crippen molar-refractivity contribution < 1.29 is 13.2 Å². The van der Waals surface area contributed by atoms with E-state index in [1.807, 2.05) is 13.8 Å². The van der Waals surface area contributed by atoms with Crippen molar-refractivity contribution in [2.24, 2.45) is 0 Å². The van der Waals surface area contributed by atoms with E-state index in [1.165, 1.54) is 0 Å². The Morgan fingerprint density at radius 1 is 1.40 bits per heavy atom. The van der Waals surface area contributed by atoms with Gasteiger partial charge in [0, 0.05) is 25.8 Å². The monoisotopic (exact) mass is 233 g/mol. The Bertz CT molecular complexity index is 333. The molecule has 0 saturated carbocycles. The van der Waals surface area contributed by atoms with Crippen molar-refractivity contribution in [1.82, 2.24) is 4.90 Å². The van der Waals surface area contributed by atoms with Gasteiger partial charge < -0.3 is 4.90 Å². The number of nitrogens with zero attached hydrogens (tertiary/aromatic N) is 1. The smallest absolute Gasteiger partial charge is 0.223 e. The highest BCUT2D eigenvalue weighted by molar-refractivity contribution is 7.90. The lowest BCUT2D eigenvalue weighted by molar-refractivity contribution is -0.130. The first-order valence-electron chi connectivity index (χ1n) is 4.86. The van der Waals surface area contributed by atoms with Crippen molar-refractivity contribution in [2.75, 3.05) is 25.1 Å². The Labute approximate surface area is 91.9 Å². The first-order valence-corrected chi connectivity index (χ1v) is 6.92. The fraction of sp³-hybridized carbons (Fsp3) is 0.700. The molecular formula is C10H19NO3S. The van der Waals surface area contributed by atoms with Crippen LogP contribution in [0.4, 0.5) is 0 Å². The molecule has 15 heavy (non-hydrogen) atoms. The van der Waals surface area contributed by atoms with Crippen LogP contribution in [0.1, 0.15) is 20.3 Å². The lowest BCUT2D eigenvalue weighted by Gasteiger charge is -2.20. The molecule has 1 amide bonds. The molecule has 0 rings (SSSR count). The molecule has 0 bridgehead atoms. The average molecular weight is 233 g/mol. The van der Waals surface area contributed by atoms with E-state index in [0.717, 1.165) is 11.8 Å². The maximum atomic E-state index is 11.6. The van der Waals surface area contributed by atoms with Crippen molar-refractivity contribution in [3.8, 4) is 0 Å². The third-order valence-corrected chi connectivity index (χ3v) is 2.83. The summed E-state index contributed by atoms with van der Waals surface area (Å²) in [7, 11) is -3.06. The highest BCUT2D eigenvalue weighted by atomic mass is 32.2. The number of hydrogen-bond donors (Lipinski definition) is 0. The first-order chi connectivity index (χ1) is 6.76. The van der Waals surface area contributed by atoms with Crippen LogP contribution in [0.5, 0.6) is 0 Å². The molecule has 0 unspecified atom stereocenters. The highest BCUT2D eigenvalue weighted by Gasteiger charge is 2.13. The van der Waals surface area contributed by atoms with E-state index in [-0.39, 0.29) is 18.1 Å². The quantitative estimate of drug-likeness (QED) is 0.639. The number of carbonyl (C=O) groups excluding carboxylic acids is 1. The molecule has 0 aliphatic heterocycles. The number of sulfone groups is 1. The van der Waals surface area contributed by atoms with Gasteiger partial charge in [-0.05, 0) is 13.8 Å². The second-order valence-corrected chi connectivity index (χ2v) is 6.00. The van der Waals surface area contributed by atoms with Gasteiger partial charge in [-0.2, -0.15) is 0 Å². The molecule has 0 aliphatic carbocycles. The van der Waals surface area contributed by atoms with Crippen molar-refractivity contribution in [3.05, 3.63) is 12.2 Å². The van der Waals surface area contributed by atoms with Gasteiger partial charge >= 0.3 is 0 Å². The molecule has 0 aliphatic rings. The lowest BCUT2D eigenvalue weighted by Crippen LogP contribution is -2.33. The predicted molar refractivity (Wildman–Crippen MR) is 61.4 cm³/mol. The van der Waals surface area contributed by atoms with Gasteiger partial charge in [-0.15, -0.1) is 0 Å². The van der Waals surface area contributed by atoms with E-state index in [1.54, 1.807) is 4.90 Å². The summed E-state index contributed by atoms with van der Waals surface area (Å²) in [5.41, 5.74) is 0.893. The van der Waals surface area contributed by atoms with Gasteiger partial charge in [0.15, 0.2) is 0 Å². The summed E-state index contributed by atoms with van der Waals surface area (Å²) in [6.45, 7) is 8.50. The summed E-state index contributed by atoms with van der Waals surface area (Å²) in [5.74, 6) is -0.218. The fourth-order valence-corrected chi connectivity index (χ4v) is 1.68. The number of likely N-dealkylation sites (N-methyl/N-ethyl adjacent to an activating group) is 1. The molecular weight excluding hydrogens is 214 g/mol. The third kappa shape index (κ3) is 7.13. The van der Waals surface area contributed by atoms with Gasteiger partial charge in [0.25, 0.3) is 0 Å². The van der Waals surface area contributed by atoms with E-state index >= 15 is 0 Å². The molecule has 0 N–H and O–H groups in total. The summed E-state index contributed by atoms with van der Waals surface area (Å²) in [4.78, 5) is 13.2. The van der Waals surface area contributed by atoms with Gasteiger partial charge in [0.05, 0.1) is 5.75 Å². The third-order valence-electron chi connectivity index (χ3n) is 1.88. The molecule has 0 aromatic carbocycles. The van der Waals surface area contributed by atoms with Gasteiger partial charge in [-0.25, -0.2) is 8.42 Å². The number of carbonyl (C=O) groups is 1. The Morgan fingerprint density at radius 2 is 1.93 bits per heavy atom. The van der Waals surface area contributed by atoms with Crippen LogP contribution in [0.15, 0.2) is 12.2 Å². The van der Waals surface area contributed by atoms with E-state index < -0.39 is 9.84 Å². The molecule has 0 saturated heterocycles. The van der Waals surface area contributed by atoms with Crippen LogP contribution in [0.25, 0.3) is 0 Å². The molecule has 0 aromatic heterocycles. The normalized spacial score (nSPS) is 11.1. The molecule has 0 fully saturated rings. The van der Waals surface area contributed by atoms with Crippen LogP contribution in [0.2, 0.25) is 0 Å². The van der Waals surface area contributed by atoms with Crippen LogP contribution >= 0.6 is 0 Å². The summed E-state index contributed by atoms with van der Waals surface area (Å²) in [6.07, 6.45) is 1.19. The van der Waals surface area contributed by atoms with Crippen molar-refractivity contribution in [3.63, 3.8) is 0 Å². The molecule has 0 heterocycles. The zero-order valence-corrected chi connectivity index (χ0v) is 10.4. The van der Waals surface area contributed by atoms with Crippen LogP contribution in [0, 0.1) is 0 Å². The largest absolute Gasteiger partial charge is 0.339 e. The first kappa shape index (κ1) is 14.2. The summed E-state index contributed by atoms with van der Waals surface area (Å²) in [5, 5.41) is 0. The second kappa shape index (κ2) is 5.90. The minimum absolute atomic E-state index is 0.0555. The molecule has 88 valence electrons. The molecule has 5 heteroatoms. The predicted octanol–water partition coefficient (Wildman–Crippen LogP) is 0.846. The molecule has 0 aromatic rings. The van der Waals surface area contributed by atoms with Crippen molar-refractivity contribution >= 4 is 15.7 Å². The zero-order valence-electron chi connectivity index (χ0n) is 9.62. The van der Waals surface area contributed by atoms with Gasteiger partial charge in [0.1, 0.15) is 9.84 Å².